The Kier molecular flexibility index (Phi) is 5.83. The summed E-state index contributed by atoms with van der Waals surface area (Å²) in [4.78, 5) is 18.0. The molecule has 1 aliphatic heterocycles. The number of aliphatic imine (C=N–C) groups is 1. The minimum Gasteiger partial charge on any atom is -0.340 e. The maximum atomic E-state index is 12.8. The standard InChI is InChI=1S/C27H22ClN3OS/c1-17-14-20(28)12-13-23(17)29-27-30-26(32)25(33-27)15-22-18(2)31(16-19-8-4-3-5-9-19)24-11-7-6-10-21(22)24/h3-15H,16H2,1-2H3,(H,29,30,32)/b25-15-. The Labute approximate surface area is 202 Å². The zero-order valence-electron chi connectivity index (χ0n) is 18.3. The summed E-state index contributed by atoms with van der Waals surface area (Å²) in [5.74, 6) is -0.135. The highest BCUT2D eigenvalue weighted by atomic mass is 35.5. The Balaban J connectivity index is 1.52. The molecule has 33 heavy (non-hydrogen) atoms. The van der Waals surface area contributed by atoms with Crippen molar-refractivity contribution in [3.63, 3.8) is 0 Å². The molecule has 4 aromatic rings. The van der Waals surface area contributed by atoms with Crippen LogP contribution >= 0.6 is 23.4 Å². The second-order valence-electron chi connectivity index (χ2n) is 8.00. The van der Waals surface area contributed by atoms with Crippen LogP contribution in [-0.4, -0.2) is 15.6 Å². The van der Waals surface area contributed by atoms with Crippen molar-refractivity contribution in [2.75, 3.05) is 0 Å². The van der Waals surface area contributed by atoms with Crippen molar-refractivity contribution in [2.45, 2.75) is 20.4 Å². The maximum Gasteiger partial charge on any atom is 0.264 e. The molecule has 0 spiro atoms. The Morgan fingerprint density at radius 3 is 2.58 bits per heavy atom. The molecule has 0 atom stereocenters. The number of carbonyl (C=O) groups excluding carboxylic acids is 1. The number of hydrogen-bond donors (Lipinski definition) is 1. The number of amidine groups is 1. The fraction of sp³-hybridized carbons (Fsp3) is 0.111. The van der Waals surface area contributed by atoms with Crippen molar-refractivity contribution in [1.82, 2.24) is 9.88 Å². The molecule has 164 valence electrons. The van der Waals surface area contributed by atoms with E-state index in [0.717, 1.165) is 40.0 Å². The zero-order valence-corrected chi connectivity index (χ0v) is 19.9. The van der Waals surface area contributed by atoms with E-state index in [-0.39, 0.29) is 5.91 Å². The van der Waals surface area contributed by atoms with Gasteiger partial charge in [-0.25, -0.2) is 4.99 Å². The van der Waals surface area contributed by atoms with Crippen molar-refractivity contribution < 1.29 is 4.79 Å². The summed E-state index contributed by atoms with van der Waals surface area (Å²) in [5, 5.41) is 5.27. The van der Waals surface area contributed by atoms with Crippen LogP contribution in [0.15, 0.2) is 82.7 Å². The van der Waals surface area contributed by atoms with Crippen molar-refractivity contribution in [3.05, 3.63) is 105 Å². The minimum atomic E-state index is -0.135. The van der Waals surface area contributed by atoms with Gasteiger partial charge < -0.3 is 9.88 Å². The number of halogens is 1. The monoisotopic (exact) mass is 471 g/mol. The average molecular weight is 472 g/mol. The van der Waals surface area contributed by atoms with Crippen LogP contribution in [0.4, 0.5) is 5.69 Å². The molecule has 1 fully saturated rings. The molecule has 0 aliphatic carbocycles. The fourth-order valence-electron chi connectivity index (χ4n) is 4.08. The summed E-state index contributed by atoms with van der Waals surface area (Å²) in [7, 11) is 0. The smallest absolute Gasteiger partial charge is 0.264 e. The number of benzene rings is 3. The SMILES string of the molecule is Cc1cc(Cl)ccc1N=C1NC(=O)/C(=C/c2c(C)n(Cc3ccccc3)c3ccccc23)S1. The number of aromatic nitrogens is 1. The molecule has 2 heterocycles. The van der Waals surface area contributed by atoms with Crippen molar-refractivity contribution in [3.8, 4) is 0 Å². The number of thioether (sulfide) groups is 1. The van der Waals surface area contributed by atoms with Crippen LogP contribution in [0.5, 0.6) is 0 Å². The highest BCUT2D eigenvalue weighted by molar-refractivity contribution is 8.18. The number of fused-ring (bicyclic) bond motifs is 1. The molecule has 3 aromatic carbocycles. The topological polar surface area (TPSA) is 46.4 Å². The number of nitrogens with one attached hydrogen (secondary N) is 1. The van der Waals surface area contributed by atoms with Crippen LogP contribution in [0.2, 0.25) is 5.02 Å². The van der Waals surface area contributed by atoms with Gasteiger partial charge >= 0.3 is 0 Å². The van der Waals surface area contributed by atoms with E-state index in [0.29, 0.717) is 15.1 Å². The largest absolute Gasteiger partial charge is 0.340 e. The third-order valence-corrected chi connectivity index (χ3v) is 6.92. The molecule has 5 rings (SSSR count). The van der Waals surface area contributed by atoms with Crippen molar-refractivity contribution in [2.24, 2.45) is 4.99 Å². The molecular formula is C27H22ClN3OS. The quantitative estimate of drug-likeness (QED) is 0.331. The summed E-state index contributed by atoms with van der Waals surface area (Å²) < 4.78 is 2.31. The van der Waals surface area contributed by atoms with E-state index < -0.39 is 0 Å². The van der Waals surface area contributed by atoms with Gasteiger partial charge in [0.25, 0.3) is 5.91 Å². The van der Waals surface area contributed by atoms with Crippen LogP contribution in [-0.2, 0) is 11.3 Å². The zero-order chi connectivity index (χ0) is 22.9. The highest BCUT2D eigenvalue weighted by Gasteiger charge is 2.25. The highest BCUT2D eigenvalue weighted by Crippen LogP contribution is 2.34. The maximum absolute atomic E-state index is 12.8. The van der Waals surface area contributed by atoms with Crippen LogP contribution < -0.4 is 5.32 Å². The van der Waals surface area contributed by atoms with E-state index in [2.05, 4.69) is 64.3 Å². The molecule has 0 saturated carbocycles. The van der Waals surface area contributed by atoms with E-state index in [4.69, 9.17) is 11.6 Å². The Morgan fingerprint density at radius 2 is 1.79 bits per heavy atom. The molecule has 0 bridgehead atoms. The first kappa shape index (κ1) is 21.6. The number of aryl methyl sites for hydroxylation is 1. The molecule has 6 heteroatoms. The van der Waals surface area contributed by atoms with E-state index in [1.54, 1.807) is 6.07 Å². The minimum absolute atomic E-state index is 0.135. The lowest BCUT2D eigenvalue weighted by molar-refractivity contribution is -0.115. The van der Waals surface area contributed by atoms with E-state index in [9.17, 15) is 4.79 Å². The first-order valence-electron chi connectivity index (χ1n) is 10.7. The van der Waals surface area contributed by atoms with Gasteiger partial charge in [-0.05, 0) is 67.1 Å². The second-order valence-corrected chi connectivity index (χ2v) is 9.47. The van der Waals surface area contributed by atoms with Gasteiger partial charge in [0.15, 0.2) is 5.17 Å². The molecular weight excluding hydrogens is 450 g/mol. The number of amides is 1. The predicted molar refractivity (Wildman–Crippen MR) is 139 cm³/mol. The van der Waals surface area contributed by atoms with Gasteiger partial charge in [0.1, 0.15) is 0 Å². The summed E-state index contributed by atoms with van der Waals surface area (Å²) in [6, 6.07) is 24.3. The first-order valence-corrected chi connectivity index (χ1v) is 11.9. The number of carbonyl (C=O) groups is 1. The number of hydrogen-bond acceptors (Lipinski definition) is 3. The van der Waals surface area contributed by atoms with E-state index in [1.165, 1.54) is 17.3 Å². The molecule has 4 nitrogen and oxygen atoms in total. The molecule has 1 saturated heterocycles. The van der Waals surface area contributed by atoms with Gasteiger partial charge in [0.05, 0.1) is 10.6 Å². The Morgan fingerprint density at radius 1 is 1.03 bits per heavy atom. The Hall–Kier alpha value is -3.28. The Bertz CT molecular complexity index is 1440. The van der Waals surface area contributed by atoms with Gasteiger partial charge in [-0.3, -0.25) is 4.79 Å². The van der Waals surface area contributed by atoms with Crippen LogP contribution in [0.3, 0.4) is 0 Å². The van der Waals surface area contributed by atoms with Gasteiger partial charge in [0.2, 0.25) is 0 Å². The number of para-hydroxylation sites is 1. The van der Waals surface area contributed by atoms with E-state index >= 15 is 0 Å². The van der Waals surface area contributed by atoms with Crippen LogP contribution in [0, 0.1) is 13.8 Å². The fourth-order valence-corrected chi connectivity index (χ4v) is 5.12. The van der Waals surface area contributed by atoms with Crippen molar-refractivity contribution >= 4 is 57.1 Å². The predicted octanol–water partition coefficient (Wildman–Crippen LogP) is 6.85. The molecule has 0 unspecified atom stereocenters. The molecule has 1 aliphatic rings. The van der Waals surface area contributed by atoms with Gasteiger partial charge in [-0.1, -0.05) is 60.1 Å². The molecule has 1 aromatic heterocycles. The second kappa shape index (κ2) is 8.93. The van der Waals surface area contributed by atoms with Gasteiger partial charge in [-0.2, -0.15) is 0 Å². The van der Waals surface area contributed by atoms with Crippen LogP contribution in [0.1, 0.15) is 22.4 Å². The average Bonchev–Trinajstić information content (AvgIpc) is 3.28. The van der Waals surface area contributed by atoms with Gasteiger partial charge in [0, 0.05) is 33.7 Å². The third kappa shape index (κ3) is 4.34. The summed E-state index contributed by atoms with van der Waals surface area (Å²) in [6.07, 6.45) is 1.98. The van der Waals surface area contributed by atoms with Crippen LogP contribution in [0.25, 0.3) is 17.0 Å². The lowest BCUT2D eigenvalue weighted by atomic mass is 10.1. The van der Waals surface area contributed by atoms with Crippen molar-refractivity contribution in [1.29, 1.82) is 0 Å². The first-order chi connectivity index (χ1) is 16.0. The summed E-state index contributed by atoms with van der Waals surface area (Å²) in [6.45, 7) is 4.84. The number of nitrogens with zero attached hydrogens (tertiary/aromatic N) is 2. The number of rotatable bonds is 4. The normalized spacial score (nSPS) is 16.2. The summed E-state index contributed by atoms with van der Waals surface area (Å²) >= 11 is 7.41. The summed E-state index contributed by atoms with van der Waals surface area (Å²) in [5.41, 5.74) is 6.32. The molecule has 1 amide bonds. The molecule has 0 radical (unpaired) electrons. The van der Waals surface area contributed by atoms with Gasteiger partial charge in [-0.15, -0.1) is 0 Å². The lowest BCUT2D eigenvalue weighted by Gasteiger charge is -2.08. The molecule has 1 N–H and O–H groups in total. The third-order valence-electron chi connectivity index (χ3n) is 5.77. The lowest BCUT2D eigenvalue weighted by Crippen LogP contribution is -2.19. The van der Waals surface area contributed by atoms with E-state index in [1.807, 2.05) is 37.3 Å².